The highest BCUT2D eigenvalue weighted by atomic mass is 16.5. The molecule has 0 radical (unpaired) electrons. The molecule has 1 saturated heterocycles. The van der Waals surface area contributed by atoms with Gasteiger partial charge >= 0.3 is 0 Å². The molecule has 2 fully saturated rings. The van der Waals surface area contributed by atoms with Crippen LogP contribution in [0.25, 0.3) is 5.76 Å². The molecule has 0 spiro atoms. The smallest absolute Gasteiger partial charge is 0.295 e. The quantitative estimate of drug-likeness (QED) is 0.396. The van der Waals surface area contributed by atoms with E-state index in [1.54, 1.807) is 42.3 Å². The van der Waals surface area contributed by atoms with Crippen LogP contribution in [-0.4, -0.2) is 49.1 Å². The Kier molecular flexibility index (Phi) is 6.58. The summed E-state index contributed by atoms with van der Waals surface area (Å²) in [6.07, 6.45) is 4.82. The van der Waals surface area contributed by atoms with E-state index in [-0.39, 0.29) is 17.4 Å². The van der Waals surface area contributed by atoms with Crippen LogP contribution in [0.1, 0.15) is 49.3 Å². The monoisotopic (exact) mass is 451 g/mol. The predicted octanol–water partition coefficient (Wildman–Crippen LogP) is 4.47. The molecule has 2 aromatic rings. The number of likely N-dealkylation sites (tertiary alicyclic amines) is 1. The number of aliphatic hydroxyl groups is 1. The fraction of sp³-hybridized carbons (Fsp3) is 0.385. The molecule has 1 N–H and O–H groups in total. The minimum Gasteiger partial charge on any atom is -0.507 e. The van der Waals surface area contributed by atoms with Crippen molar-refractivity contribution >= 4 is 17.4 Å². The van der Waals surface area contributed by atoms with Crippen LogP contribution in [0.4, 0.5) is 0 Å². The number of carbonyl (C=O) groups is 2. The Hall–Kier alpha value is -3.48. The number of carbonyl (C=O) groups excluding carboxylic acids is 2. The summed E-state index contributed by atoms with van der Waals surface area (Å²) in [5, 5.41) is 11.4. The van der Waals surface area contributed by atoms with Crippen LogP contribution in [-0.2, 0) is 9.59 Å². The van der Waals surface area contributed by atoms with E-state index >= 15 is 0 Å². The van der Waals surface area contributed by atoms with Crippen LogP contribution < -0.4 is 14.2 Å². The number of nitrogens with zero attached hydrogens (tertiary/aromatic N) is 1. The van der Waals surface area contributed by atoms with Crippen LogP contribution in [0.5, 0.6) is 17.2 Å². The number of hydrogen-bond acceptors (Lipinski definition) is 6. The molecule has 7 heteroatoms. The summed E-state index contributed by atoms with van der Waals surface area (Å²) >= 11 is 0. The first-order valence-electron chi connectivity index (χ1n) is 11.2. The van der Waals surface area contributed by atoms with E-state index in [2.05, 4.69) is 0 Å². The minimum atomic E-state index is -0.689. The van der Waals surface area contributed by atoms with Crippen molar-refractivity contribution in [3.63, 3.8) is 0 Å². The van der Waals surface area contributed by atoms with Crippen molar-refractivity contribution in [2.24, 2.45) is 0 Å². The summed E-state index contributed by atoms with van der Waals surface area (Å²) in [5.74, 6) is 0.0626. The van der Waals surface area contributed by atoms with Crippen LogP contribution in [0.15, 0.2) is 48.0 Å². The second-order valence-corrected chi connectivity index (χ2v) is 8.34. The van der Waals surface area contributed by atoms with Gasteiger partial charge in [-0.2, -0.15) is 0 Å². The first kappa shape index (κ1) is 22.7. The summed E-state index contributed by atoms with van der Waals surface area (Å²) in [7, 11) is 4.60. The van der Waals surface area contributed by atoms with Crippen molar-refractivity contribution in [2.45, 2.75) is 44.2 Å². The Morgan fingerprint density at radius 1 is 0.879 bits per heavy atom. The second kappa shape index (κ2) is 9.57. The maximum Gasteiger partial charge on any atom is 0.295 e. The second-order valence-electron chi connectivity index (χ2n) is 8.34. The number of benzene rings is 2. The molecule has 1 aliphatic carbocycles. The molecule has 2 aromatic carbocycles. The minimum absolute atomic E-state index is 0.0506. The number of methoxy groups -OCH3 is 3. The highest BCUT2D eigenvalue weighted by molar-refractivity contribution is 6.46. The van der Waals surface area contributed by atoms with Gasteiger partial charge in [-0.3, -0.25) is 9.59 Å². The average Bonchev–Trinajstić information content (AvgIpc) is 3.14. The molecular weight excluding hydrogens is 422 g/mol. The molecule has 1 aliphatic heterocycles. The zero-order valence-electron chi connectivity index (χ0n) is 19.2. The third-order valence-corrected chi connectivity index (χ3v) is 6.54. The van der Waals surface area contributed by atoms with Crippen LogP contribution >= 0.6 is 0 Å². The highest BCUT2D eigenvalue weighted by Crippen LogP contribution is 2.44. The lowest BCUT2D eigenvalue weighted by molar-refractivity contribution is -0.141. The number of ether oxygens (including phenoxy) is 3. The molecule has 1 saturated carbocycles. The number of rotatable bonds is 6. The lowest BCUT2D eigenvalue weighted by atomic mass is 9.91. The zero-order valence-corrected chi connectivity index (χ0v) is 19.2. The van der Waals surface area contributed by atoms with Crippen molar-refractivity contribution in [3.05, 3.63) is 59.2 Å². The van der Waals surface area contributed by atoms with Crippen LogP contribution in [0, 0.1) is 0 Å². The van der Waals surface area contributed by atoms with Gasteiger partial charge in [0.25, 0.3) is 11.7 Å². The first-order valence-corrected chi connectivity index (χ1v) is 11.2. The van der Waals surface area contributed by atoms with Gasteiger partial charge in [-0.1, -0.05) is 31.4 Å². The van der Waals surface area contributed by atoms with E-state index in [9.17, 15) is 14.7 Å². The van der Waals surface area contributed by atoms with E-state index in [1.807, 2.05) is 12.1 Å². The largest absolute Gasteiger partial charge is 0.507 e. The predicted molar refractivity (Wildman–Crippen MR) is 124 cm³/mol. The first-order chi connectivity index (χ1) is 16.0. The molecule has 1 amide bonds. The summed E-state index contributed by atoms with van der Waals surface area (Å²) in [4.78, 5) is 28.2. The molecule has 2 aliphatic rings. The summed E-state index contributed by atoms with van der Waals surface area (Å²) in [5.41, 5.74) is 1.15. The van der Waals surface area contributed by atoms with Gasteiger partial charge < -0.3 is 24.2 Å². The summed E-state index contributed by atoms with van der Waals surface area (Å²) < 4.78 is 16.0. The fourth-order valence-electron chi connectivity index (χ4n) is 4.84. The Morgan fingerprint density at radius 2 is 1.52 bits per heavy atom. The highest BCUT2D eigenvalue weighted by Gasteiger charge is 2.49. The number of Topliss-reactive ketones (excluding diaryl/α,β-unsaturated/α-hetero) is 1. The lowest BCUT2D eigenvalue weighted by Crippen LogP contribution is -2.40. The third kappa shape index (κ3) is 4.15. The molecule has 0 bridgehead atoms. The number of aliphatic hydroxyl groups excluding tert-OH is 1. The molecule has 0 aromatic heterocycles. The molecule has 4 rings (SSSR count). The van der Waals surface area contributed by atoms with Gasteiger partial charge in [0.05, 0.1) is 38.5 Å². The van der Waals surface area contributed by atoms with Crippen molar-refractivity contribution in [2.75, 3.05) is 21.3 Å². The Bertz CT molecular complexity index is 1070. The van der Waals surface area contributed by atoms with Crippen molar-refractivity contribution < 1.29 is 28.9 Å². The van der Waals surface area contributed by atoms with E-state index in [1.165, 1.54) is 14.2 Å². The maximum absolute atomic E-state index is 13.3. The Labute approximate surface area is 193 Å². The van der Waals surface area contributed by atoms with Crippen molar-refractivity contribution in [3.8, 4) is 17.2 Å². The average molecular weight is 452 g/mol. The maximum atomic E-state index is 13.3. The van der Waals surface area contributed by atoms with Gasteiger partial charge in [-0.05, 0) is 42.7 Å². The molecule has 174 valence electrons. The normalized spacial score (nSPS) is 20.7. The fourth-order valence-corrected chi connectivity index (χ4v) is 4.84. The number of ketones is 1. The summed E-state index contributed by atoms with van der Waals surface area (Å²) in [6.45, 7) is 0. The van der Waals surface area contributed by atoms with Crippen molar-refractivity contribution in [1.82, 2.24) is 4.90 Å². The molecule has 7 nitrogen and oxygen atoms in total. The Balaban J connectivity index is 1.88. The number of hydrogen-bond donors (Lipinski definition) is 1. The van der Waals surface area contributed by atoms with Crippen LogP contribution in [0.3, 0.4) is 0 Å². The lowest BCUT2D eigenvalue weighted by Gasteiger charge is -2.35. The zero-order chi connectivity index (χ0) is 23.5. The van der Waals surface area contributed by atoms with Crippen LogP contribution in [0.2, 0.25) is 0 Å². The molecular formula is C26H29NO6. The Morgan fingerprint density at radius 3 is 2.12 bits per heavy atom. The van der Waals surface area contributed by atoms with E-state index in [0.29, 0.717) is 22.8 Å². The van der Waals surface area contributed by atoms with Gasteiger partial charge in [-0.15, -0.1) is 0 Å². The SMILES string of the molecule is COc1ccc(C2/C(=C(/O)c3ccc(OC)cc3OC)C(=O)C(=O)N2C2CCCCC2)cc1. The van der Waals surface area contributed by atoms with E-state index < -0.39 is 17.7 Å². The molecule has 1 heterocycles. The van der Waals surface area contributed by atoms with Gasteiger partial charge in [0, 0.05) is 12.1 Å². The van der Waals surface area contributed by atoms with Gasteiger partial charge in [0.2, 0.25) is 0 Å². The van der Waals surface area contributed by atoms with Gasteiger partial charge in [0.1, 0.15) is 23.0 Å². The summed E-state index contributed by atoms with van der Waals surface area (Å²) in [6, 6.07) is 11.5. The van der Waals surface area contributed by atoms with Crippen molar-refractivity contribution in [1.29, 1.82) is 0 Å². The van der Waals surface area contributed by atoms with Gasteiger partial charge in [0.15, 0.2) is 0 Å². The van der Waals surface area contributed by atoms with E-state index in [4.69, 9.17) is 14.2 Å². The van der Waals surface area contributed by atoms with Gasteiger partial charge in [-0.25, -0.2) is 0 Å². The molecule has 33 heavy (non-hydrogen) atoms. The standard InChI is InChI=1S/C26H29NO6/c1-31-18-11-9-16(10-12-18)23-22(24(28)20-14-13-19(32-2)15-21(20)33-3)25(29)26(30)27(23)17-7-5-4-6-8-17/h9-15,17,23,28H,4-8H2,1-3H3/b24-22-. The number of amides is 1. The topological polar surface area (TPSA) is 85.3 Å². The third-order valence-electron chi connectivity index (χ3n) is 6.54. The van der Waals surface area contributed by atoms with E-state index in [0.717, 1.165) is 37.7 Å². The molecule has 1 unspecified atom stereocenters. The molecule has 1 atom stereocenters.